The fraction of sp³-hybridized carbons (Fsp3) is 0.588. The molecule has 122 valence electrons. The zero-order chi connectivity index (χ0) is 16.1. The number of carbonyl (C=O) groups is 1. The Morgan fingerprint density at radius 2 is 2.00 bits per heavy atom. The summed E-state index contributed by atoms with van der Waals surface area (Å²) in [5.74, 6) is 0.303. The smallest absolute Gasteiger partial charge is 0.223 e. The Hall–Kier alpha value is -1.75. The number of nitrogens with two attached hydrogens (primary N) is 1. The molecule has 0 heterocycles. The molecule has 0 aliphatic heterocycles. The molecule has 0 radical (unpaired) electrons. The maximum absolute atomic E-state index is 12.0. The van der Waals surface area contributed by atoms with Crippen LogP contribution >= 0.6 is 0 Å². The quantitative estimate of drug-likeness (QED) is 0.628. The van der Waals surface area contributed by atoms with Crippen LogP contribution < -0.4 is 16.4 Å². The van der Waals surface area contributed by atoms with Gasteiger partial charge in [-0.2, -0.15) is 0 Å². The molecule has 0 aromatic heterocycles. The SMILES string of the molecule is CC(C)NC(=O)C1CCC(Nc2cc(CO)ccc2N)CC1. The van der Waals surface area contributed by atoms with Crippen LogP contribution in [0, 0.1) is 5.92 Å². The Morgan fingerprint density at radius 3 is 2.59 bits per heavy atom. The molecule has 0 saturated heterocycles. The van der Waals surface area contributed by atoms with Crippen LogP contribution in [0.2, 0.25) is 0 Å². The average Bonchev–Trinajstić information content (AvgIpc) is 2.49. The molecule has 1 fully saturated rings. The van der Waals surface area contributed by atoms with Crippen LogP contribution in [0.1, 0.15) is 45.1 Å². The third-order valence-electron chi connectivity index (χ3n) is 4.19. The fourth-order valence-corrected chi connectivity index (χ4v) is 2.95. The van der Waals surface area contributed by atoms with Crippen molar-refractivity contribution in [1.82, 2.24) is 5.32 Å². The molecule has 1 aliphatic rings. The normalized spacial score (nSPS) is 21.6. The van der Waals surface area contributed by atoms with Crippen LogP contribution in [-0.2, 0) is 11.4 Å². The minimum atomic E-state index is 0.0110. The van der Waals surface area contributed by atoms with Gasteiger partial charge < -0.3 is 21.5 Å². The Morgan fingerprint density at radius 1 is 1.32 bits per heavy atom. The lowest BCUT2D eigenvalue weighted by Gasteiger charge is -2.30. The van der Waals surface area contributed by atoms with Crippen LogP contribution in [0.15, 0.2) is 18.2 Å². The maximum atomic E-state index is 12.0. The van der Waals surface area contributed by atoms with Gasteiger partial charge in [0.1, 0.15) is 0 Å². The van der Waals surface area contributed by atoms with Crippen molar-refractivity contribution in [3.05, 3.63) is 23.8 Å². The molecule has 5 nitrogen and oxygen atoms in total. The number of rotatable bonds is 5. The number of nitrogen functional groups attached to an aromatic ring is 1. The zero-order valence-corrected chi connectivity index (χ0v) is 13.4. The third-order valence-corrected chi connectivity index (χ3v) is 4.19. The molecule has 1 amide bonds. The highest BCUT2D eigenvalue weighted by Gasteiger charge is 2.26. The monoisotopic (exact) mass is 305 g/mol. The summed E-state index contributed by atoms with van der Waals surface area (Å²) in [6.45, 7) is 3.99. The number of aliphatic hydroxyl groups is 1. The molecule has 2 rings (SSSR count). The van der Waals surface area contributed by atoms with Gasteiger partial charge in [-0.15, -0.1) is 0 Å². The predicted molar refractivity (Wildman–Crippen MR) is 89.4 cm³/mol. The van der Waals surface area contributed by atoms with Gasteiger partial charge in [-0.1, -0.05) is 6.07 Å². The van der Waals surface area contributed by atoms with E-state index in [2.05, 4.69) is 10.6 Å². The first-order valence-corrected chi connectivity index (χ1v) is 8.05. The van der Waals surface area contributed by atoms with Gasteiger partial charge in [0.25, 0.3) is 0 Å². The number of anilines is 2. The second kappa shape index (κ2) is 7.49. The lowest BCUT2D eigenvalue weighted by atomic mass is 9.85. The average molecular weight is 305 g/mol. The zero-order valence-electron chi connectivity index (χ0n) is 13.4. The Balaban J connectivity index is 1.88. The molecule has 5 heteroatoms. The third kappa shape index (κ3) is 4.37. The summed E-state index contributed by atoms with van der Waals surface area (Å²) in [6.07, 6.45) is 3.71. The van der Waals surface area contributed by atoms with Crippen molar-refractivity contribution in [3.63, 3.8) is 0 Å². The second-order valence-corrected chi connectivity index (χ2v) is 6.44. The van der Waals surface area contributed by atoms with Crippen LogP contribution in [0.5, 0.6) is 0 Å². The van der Waals surface area contributed by atoms with Gasteiger partial charge in [0.15, 0.2) is 0 Å². The number of amides is 1. The summed E-state index contributed by atoms with van der Waals surface area (Å²) < 4.78 is 0. The summed E-state index contributed by atoms with van der Waals surface area (Å²) in [6, 6.07) is 6.07. The van der Waals surface area contributed by atoms with Gasteiger partial charge in [0, 0.05) is 18.0 Å². The first-order chi connectivity index (χ1) is 10.5. The number of carbonyl (C=O) groups excluding carboxylic acids is 1. The van der Waals surface area contributed by atoms with Crippen molar-refractivity contribution < 1.29 is 9.90 Å². The molecule has 1 aromatic rings. The second-order valence-electron chi connectivity index (χ2n) is 6.44. The topological polar surface area (TPSA) is 87.4 Å². The molecule has 0 unspecified atom stereocenters. The van der Waals surface area contributed by atoms with Crippen molar-refractivity contribution in [2.45, 2.75) is 58.2 Å². The Bertz CT molecular complexity index is 509. The van der Waals surface area contributed by atoms with E-state index in [1.54, 1.807) is 0 Å². The van der Waals surface area contributed by atoms with Crippen molar-refractivity contribution >= 4 is 17.3 Å². The number of hydrogen-bond donors (Lipinski definition) is 4. The summed E-state index contributed by atoms with van der Waals surface area (Å²) in [4.78, 5) is 12.0. The van der Waals surface area contributed by atoms with E-state index in [1.807, 2.05) is 32.0 Å². The predicted octanol–water partition coefficient (Wildman–Crippen LogP) is 2.26. The van der Waals surface area contributed by atoms with Crippen LogP contribution in [-0.4, -0.2) is 23.1 Å². The molecule has 0 spiro atoms. The lowest BCUT2D eigenvalue weighted by molar-refractivity contribution is -0.126. The first kappa shape index (κ1) is 16.6. The highest BCUT2D eigenvalue weighted by atomic mass is 16.3. The van der Waals surface area contributed by atoms with Gasteiger partial charge in [0.05, 0.1) is 18.0 Å². The summed E-state index contributed by atoms with van der Waals surface area (Å²) in [5, 5.41) is 15.7. The largest absolute Gasteiger partial charge is 0.397 e. The molecule has 5 N–H and O–H groups in total. The maximum Gasteiger partial charge on any atom is 0.223 e. The summed E-state index contributed by atoms with van der Waals surface area (Å²) >= 11 is 0. The molecular weight excluding hydrogens is 278 g/mol. The Kier molecular flexibility index (Phi) is 5.66. The van der Waals surface area contributed by atoms with Crippen molar-refractivity contribution in [3.8, 4) is 0 Å². The summed E-state index contributed by atoms with van der Waals surface area (Å²) in [7, 11) is 0. The highest BCUT2D eigenvalue weighted by molar-refractivity contribution is 5.79. The van der Waals surface area contributed by atoms with E-state index < -0.39 is 0 Å². The van der Waals surface area contributed by atoms with Gasteiger partial charge in [-0.3, -0.25) is 4.79 Å². The molecule has 1 aliphatic carbocycles. The molecule has 22 heavy (non-hydrogen) atoms. The van der Waals surface area contributed by atoms with E-state index in [-0.39, 0.29) is 24.5 Å². The minimum Gasteiger partial charge on any atom is -0.397 e. The number of hydrogen-bond acceptors (Lipinski definition) is 4. The van der Waals surface area contributed by atoms with Crippen molar-refractivity contribution in [1.29, 1.82) is 0 Å². The molecule has 1 aromatic carbocycles. The van der Waals surface area contributed by atoms with Gasteiger partial charge in [0.2, 0.25) is 5.91 Å². The van der Waals surface area contributed by atoms with Crippen LogP contribution in [0.3, 0.4) is 0 Å². The van der Waals surface area contributed by atoms with Gasteiger partial charge >= 0.3 is 0 Å². The minimum absolute atomic E-state index is 0.0110. The van der Waals surface area contributed by atoms with Gasteiger partial charge in [-0.05, 0) is 57.2 Å². The molecule has 0 bridgehead atoms. The van der Waals surface area contributed by atoms with E-state index in [0.29, 0.717) is 11.7 Å². The first-order valence-electron chi connectivity index (χ1n) is 8.05. The van der Waals surface area contributed by atoms with Crippen molar-refractivity contribution in [2.24, 2.45) is 5.92 Å². The molecular formula is C17H27N3O2. The van der Waals surface area contributed by atoms with Gasteiger partial charge in [-0.25, -0.2) is 0 Å². The van der Waals surface area contributed by atoms with Crippen molar-refractivity contribution in [2.75, 3.05) is 11.1 Å². The van der Waals surface area contributed by atoms with E-state index in [4.69, 9.17) is 5.73 Å². The summed E-state index contributed by atoms with van der Waals surface area (Å²) in [5.41, 5.74) is 8.40. The van der Waals surface area contributed by atoms with Crippen LogP contribution in [0.25, 0.3) is 0 Å². The van der Waals surface area contributed by atoms with E-state index in [0.717, 1.165) is 36.9 Å². The molecule has 0 atom stereocenters. The number of aliphatic hydroxyl groups excluding tert-OH is 1. The fourth-order valence-electron chi connectivity index (χ4n) is 2.95. The lowest BCUT2D eigenvalue weighted by Crippen LogP contribution is -2.38. The van der Waals surface area contributed by atoms with E-state index in [1.165, 1.54) is 0 Å². The molecule has 1 saturated carbocycles. The van der Waals surface area contributed by atoms with E-state index in [9.17, 15) is 9.90 Å². The standard InChI is InChI=1S/C17H27N3O2/c1-11(2)19-17(22)13-4-6-14(7-5-13)20-16-9-12(10-21)3-8-15(16)18/h3,8-9,11,13-14,20-21H,4-7,10,18H2,1-2H3,(H,19,22). The van der Waals surface area contributed by atoms with E-state index >= 15 is 0 Å². The number of benzene rings is 1. The Labute approximate surface area is 132 Å². The highest BCUT2D eigenvalue weighted by Crippen LogP contribution is 2.29. The number of nitrogens with one attached hydrogen (secondary N) is 2. The van der Waals surface area contributed by atoms with Crippen LogP contribution in [0.4, 0.5) is 11.4 Å².